The van der Waals surface area contributed by atoms with E-state index in [0.717, 1.165) is 38.2 Å². The Morgan fingerprint density at radius 3 is 2.65 bits per heavy atom. The van der Waals surface area contributed by atoms with Crippen LogP contribution in [0, 0.1) is 10.7 Å². The minimum atomic E-state index is -0.188. The van der Waals surface area contributed by atoms with Gasteiger partial charge in [0, 0.05) is 25.2 Å². The number of rotatable bonds is 8. The van der Waals surface area contributed by atoms with E-state index in [1.165, 1.54) is 10.1 Å². The van der Waals surface area contributed by atoms with Crippen LogP contribution in [-0.2, 0) is 13.1 Å². The maximum absolute atomic E-state index is 12.8. The van der Waals surface area contributed by atoms with E-state index in [9.17, 15) is 9.59 Å². The van der Waals surface area contributed by atoms with Crippen molar-refractivity contribution < 1.29 is 9.53 Å². The summed E-state index contributed by atoms with van der Waals surface area (Å²) in [5.41, 5.74) is 2.16. The Morgan fingerprint density at radius 1 is 1.24 bits per heavy atom. The molecular weight excluding hydrogens is 448 g/mol. The number of aromatic amines is 1. The van der Waals surface area contributed by atoms with E-state index >= 15 is 0 Å². The number of amides is 1. The highest BCUT2D eigenvalue weighted by Gasteiger charge is 2.20. The number of methoxy groups -OCH3 is 1. The van der Waals surface area contributed by atoms with Crippen molar-refractivity contribution >= 4 is 29.0 Å². The van der Waals surface area contributed by atoms with Gasteiger partial charge in [-0.3, -0.25) is 19.1 Å². The van der Waals surface area contributed by atoms with E-state index in [1.807, 2.05) is 12.1 Å². The highest BCUT2D eigenvalue weighted by Crippen LogP contribution is 2.20. The molecular formula is C26H30N4O3S. The average Bonchev–Trinajstić information content (AvgIpc) is 2.86. The summed E-state index contributed by atoms with van der Waals surface area (Å²) in [7, 11) is 1.68. The number of allylic oxidation sites excluding steroid dienone is 1. The first-order valence-electron chi connectivity index (χ1n) is 11.5. The summed E-state index contributed by atoms with van der Waals surface area (Å²) in [6.45, 7) is 7.59. The quantitative estimate of drug-likeness (QED) is 0.379. The third-order valence-electron chi connectivity index (χ3n) is 6.38. The molecule has 7 nitrogen and oxygen atoms in total. The molecule has 2 N–H and O–H groups in total. The number of carbonyl (C=O) groups excluding carboxylic acids is 1. The van der Waals surface area contributed by atoms with E-state index in [1.54, 1.807) is 31.4 Å². The number of benzene rings is 2. The molecule has 4 rings (SSSR count). The number of fused-ring (bicyclic) bond motifs is 1. The average molecular weight is 479 g/mol. The summed E-state index contributed by atoms with van der Waals surface area (Å²) in [4.78, 5) is 30.9. The topological polar surface area (TPSA) is 79.4 Å². The lowest BCUT2D eigenvalue weighted by Gasteiger charge is -2.32. The lowest BCUT2D eigenvalue weighted by Crippen LogP contribution is -2.38. The maximum Gasteiger partial charge on any atom is 0.262 e. The molecule has 178 valence electrons. The van der Waals surface area contributed by atoms with Gasteiger partial charge in [0.1, 0.15) is 5.75 Å². The first-order valence-corrected chi connectivity index (χ1v) is 11.9. The first kappa shape index (κ1) is 23.9. The summed E-state index contributed by atoms with van der Waals surface area (Å²) in [6.07, 6.45) is 3.72. The molecule has 2 heterocycles. The van der Waals surface area contributed by atoms with Crippen LogP contribution < -0.4 is 15.6 Å². The van der Waals surface area contributed by atoms with Gasteiger partial charge in [0.05, 0.1) is 18.0 Å². The number of ether oxygens (including phenoxy) is 1. The molecule has 0 spiro atoms. The van der Waals surface area contributed by atoms with Crippen molar-refractivity contribution in [1.29, 1.82) is 0 Å². The van der Waals surface area contributed by atoms with Crippen LogP contribution in [0.4, 0.5) is 0 Å². The van der Waals surface area contributed by atoms with Crippen molar-refractivity contribution in [3.63, 3.8) is 0 Å². The molecule has 0 unspecified atom stereocenters. The van der Waals surface area contributed by atoms with Crippen molar-refractivity contribution in [3.05, 3.63) is 81.4 Å². The van der Waals surface area contributed by atoms with E-state index in [0.29, 0.717) is 40.2 Å². The Labute approximate surface area is 204 Å². The van der Waals surface area contributed by atoms with Crippen molar-refractivity contribution in [2.24, 2.45) is 5.92 Å². The largest absolute Gasteiger partial charge is 0.497 e. The maximum atomic E-state index is 12.8. The molecule has 8 heteroatoms. The fourth-order valence-electron chi connectivity index (χ4n) is 4.37. The number of aromatic nitrogens is 2. The van der Waals surface area contributed by atoms with Gasteiger partial charge in [-0.2, -0.15) is 0 Å². The molecule has 1 saturated heterocycles. The molecule has 1 aliphatic heterocycles. The number of nitrogens with one attached hydrogen (secondary N) is 2. The lowest BCUT2D eigenvalue weighted by molar-refractivity contribution is 0.0935. The highest BCUT2D eigenvalue weighted by molar-refractivity contribution is 7.71. The van der Waals surface area contributed by atoms with Crippen molar-refractivity contribution in [2.45, 2.75) is 25.9 Å². The fraction of sp³-hybridized carbons (Fsp3) is 0.346. The third-order valence-corrected chi connectivity index (χ3v) is 6.70. The number of likely N-dealkylation sites (tertiary alicyclic amines) is 1. The van der Waals surface area contributed by atoms with Crippen molar-refractivity contribution in [1.82, 2.24) is 19.8 Å². The second-order valence-corrected chi connectivity index (χ2v) is 9.06. The van der Waals surface area contributed by atoms with Gasteiger partial charge >= 0.3 is 0 Å². The fourth-order valence-corrected chi connectivity index (χ4v) is 4.63. The monoisotopic (exact) mass is 478 g/mol. The lowest BCUT2D eigenvalue weighted by atomic mass is 9.96. The SMILES string of the molecule is C=CCn1c(=S)[nH]c2cc(C(=O)NCC3CCN(Cc4ccc(OC)cc4)CC3)ccc2c1=O. The minimum absolute atomic E-state index is 0.142. The van der Waals surface area contributed by atoms with Gasteiger partial charge in [0.2, 0.25) is 0 Å². The molecule has 1 aromatic heterocycles. The van der Waals surface area contributed by atoms with Gasteiger partial charge in [-0.25, -0.2) is 0 Å². The van der Waals surface area contributed by atoms with Gasteiger partial charge in [-0.05, 0) is 80.0 Å². The van der Waals surface area contributed by atoms with Crippen molar-refractivity contribution in [3.8, 4) is 5.75 Å². The zero-order valence-corrected chi connectivity index (χ0v) is 20.2. The van der Waals surface area contributed by atoms with Crippen LogP contribution in [0.15, 0.2) is 59.9 Å². The Bertz CT molecular complexity index is 1290. The van der Waals surface area contributed by atoms with E-state index in [2.05, 4.69) is 33.9 Å². The van der Waals surface area contributed by atoms with E-state index in [-0.39, 0.29) is 11.5 Å². The summed E-state index contributed by atoms with van der Waals surface area (Å²) in [6, 6.07) is 13.3. The van der Waals surface area contributed by atoms with Gasteiger partial charge in [0.15, 0.2) is 4.77 Å². The molecule has 0 radical (unpaired) electrons. The van der Waals surface area contributed by atoms with Crippen LogP contribution in [0.3, 0.4) is 0 Å². The normalized spacial score (nSPS) is 14.7. The predicted octanol–water partition coefficient (Wildman–Crippen LogP) is 3.90. The zero-order valence-electron chi connectivity index (χ0n) is 19.4. The summed E-state index contributed by atoms with van der Waals surface area (Å²) >= 11 is 5.29. The predicted molar refractivity (Wildman–Crippen MR) is 137 cm³/mol. The summed E-state index contributed by atoms with van der Waals surface area (Å²) in [5.74, 6) is 1.18. The Kier molecular flexibility index (Phi) is 7.59. The number of hydrogen-bond donors (Lipinski definition) is 2. The zero-order chi connectivity index (χ0) is 24.1. The molecule has 0 saturated carbocycles. The third kappa shape index (κ3) is 5.46. The van der Waals surface area contributed by atoms with Crippen LogP contribution >= 0.6 is 12.2 Å². The second kappa shape index (κ2) is 10.8. The highest BCUT2D eigenvalue weighted by atomic mass is 32.1. The molecule has 0 aliphatic carbocycles. The molecule has 1 amide bonds. The van der Waals surface area contributed by atoms with Crippen LogP contribution in [0.1, 0.15) is 28.8 Å². The van der Waals surface area contributed by atoms with Crippen LogP contribution in [0.25, 0.3) is 10.9 Å². The molecule has 34 heavy (non-hydrogen) atoms. The molecule has 1 aliphatic rings. The van der Waals surface area contributed by atoms with Crippen LogP contribution in [0.2, 0.25) is 0 Å². The molecule has 1 fully saturated rings. The van der Waals surface area contributed by atoms with Crippen LogP contribution in [0.5, 0.6) is 5.75 Å². The summed E-state index contributed by atoms with van der Waals surface area (Å²) in [5, 5.41) is 3.56. The number of nitrogens with zero attached hydrogens (tertiary/aromatic N) is 2. The Hall–Kier alpha value is -3.23. The van der Waals surface area contributed by atoms with E-state index in [4.69, 9.17) is 17.0 Å². The van der Waals surface area contributed by atoms with Gasteiger partial charge < -0.3 is 15.0 Å². The number of carbonyl (C=O) groups is 1. The van der Waals surface area contributed by atoms with Crippen molar-refractivity contribution in [2.75, 3.05) is 26.7 Å². The first-order chi connectivity index (χ1) is 16.5. The molecule has 3 aromatic rings. The van der Waals surface area contributed by atoms with Gasteiger partial charge in [-0.1, -0.05) is 18.2 Å². The van der Waals surface area contributed by atoms with Crippen LogP contribution in [-0.4, -0.2) is 47.1 Å². The summed E-state index contributed by atoms with van der Waals surface area (Å²) < 4.78 is 6.99. The number of hydrogen-bond acceptors (Lipinski definition) is 5. The Balaban J connectivity index is 1.31. The number of H-pyrrole nitrogens is 1. The van der Waals surface area contributed by atoms with Gasteiger partial charge in [0.25, 0.3) is 11.5 Å². The van der Waals surface area contributed by atoms with Gasteiger partial charge in [-0.15, -0.1) is 6.58 Å². The Morgan fingerprint density at radius 2 is 1.97 bits per heavy atom. The minimum Gasteiger partial charge on any atom is -0.497 e. The molecule has 0 bridgehead atoms. The van der Waals surface area contributed by atoms with E-state index < -0.39 is 0 Å². The smallest absolute Gasteiger partial charge is 0.262 e. The second-order valence-electron chi connectivity index (χ2n) is 8.67. The molecule has 2 aromatic carbocycles. The number of piperidine rings is 1. The standard InChI is InChI=1S/C26H30N4O3S/c1-3-12-30-25(32)22-9-6-20(15-23(22)28-26(30)34)24(31)27-16-18-10-13-29(14-11-18)17-19-4-7-21(33-2)8-5-19/h3-9,15,18H,1,10-14,16-17H2,2H3,(H,27,31)(H,28,34). The molecule has 0 atom stereocenters.